The molecule has 0 spiro atoms. The number of anilines is 1. The second-order valence-corrected chi connectivity index (χ2v) is 11.8. The van der Waals surface area contributed by atoms with E-state index in [4.69, 9.17) is 9.47 Å². The fourth-order valence-electron chi connectivity index (χ4n) is 6.44. The lowest BCUT2D eigenvalue weighted by Crippen LogP contribution is -2.64. The highest BCUT2D eigenvalue weighted by molar-refractivity contribution is 5.94. The van der Waals surface area contributed by atoms with Gasteiger partial charge >= 0.3 is 0 Å². The number of hydrogen-bond acceptors (Lipinski definition) is 5. The van der Waals surface area contributed by atoms with Crippen LogP contribution in [0.15, 0.2) is 78.9 Å². The molecule has 214 valence electrons. The normalized spacial score (nSPS) is 23.1. The van der Waals surface area contributed by atoms with Crippen molar-refractivity contribution >= 4 is 11.6 Å². The van der Waals surface area contributed by atoms with E-state index in [-0.39, 0.29) is 16.9 Å². The van der Waals surface area contributed by atoms with Gasteiger partial charge in [-0.2, -0.15) is 0 Å². The zero-order valence-electron chi connectivity index (χ0n) is 24.3. The molecule has 2 aromatic carbocycles. The molecular weight excluding hydrogens is 498 g/mol. The van der Waals surface area contributed by atoms with Gasteiger partial charge in [-0.25, -0.2) is 0 Å². The van der Waals surface area contributed by atoms with Crippen molar-refractivity contribution in [2.24, 2.45) is 5.41 Å². The highest BCUT2D eigenvalue weighted by Gasteiger charge is 2.43. The minimum atomic E-state index is -0.112. The van der Waals surface area contributed by atoms with Crippen LogP contribution in [0.25, 0.3) is 0 Å². The van der Waals surface area contributed by atoms with Crippen molar-refractivity contribution in [3.05, 3.63) is 84.5 Å². The van der Waals surface area contributed by atoms with Crippen LogP contribution in [0.3, 0.4) is 0 Å². The van der Waals surface area contributed by atoms with Crippen LogP contribution in [-0.2, 0) is 16.1 Å². The number of piperazine rings is 1. The Morgan fingerprint density at radius 3 is 2.40 bits per heavy atom. The molecule has 3 aliphatic rings. The van der Waals surface area contributed by atoms with Crippen molar-refractivity contribution in [2.75, 3.05) is 57.4 Å². The van der Waals surface area contributed by atoms with Crippen LogP contribution >= 0.6 is 0 Å². The number of carbonyl (C=O) groups is 1. The van der Waals surface area contributed by atoms with Gasteiger partial charge in [0.05, 0.1) is 5.69 Å². The summed E-state index contributed by atoms with van der Waals surface area (Å²) in [4.78, 5) is 20.8. The molecule has 2 heterocycles. The molecular formula is C34H45N3O3. The van der Waals surface area contributed by atoms with Crippen molar-refractivity contribution < 1.29 is 14.3 Å². The maximum Gasteiger partial charge on any atom is 0.226 e. The van der Waals surface area contributed by atoms with E-state index < -0.39 is 0 Å². The summed E-state index contributed by atoms with van der Waals surface area (Å²) in [6, 6.07) is 18.2. The lowest BCUT2D eigenvalue weighted by Gasteiger charge is -2.52. The molecule has 0 aromatic heterocycles. The summed E-state index contributed by atoms with van der Waals surface area (Å²) in [5.74, 6) is 0.883. The van der Waals surface area contributed by atoms with Gasteiger partial charge in [-0.3, -0.25) is 14.6 Å². The molecule has 1 unspecified atom stereocenters. The van der Waals surface area contributed by atoms with E-state index in [1.165, 1.54) is 0 Å². The first-order chi connectivity index (χ1) is 19.5. The van der Waals surface area contributed by atoms with Gasteiger partial charge in [0.1, 0.15) is 12.4 Å². The zero-order chi connectivity index (χ0) is 27.8. The van der Waals surface area contributed by atoms with E-state index in [0.29, 0.717) is 19.6 Å². The predicted molar refractivity (Wildman–Crippen MR) is 162 cm³/mol. The van der Waals surface area contributed by atoms with Crippen molar-refractivity contribution in [1.82, 2.24) is 9.80 Å². The maximum absolute atomic E-state index is 13.5. The summed E-state index contributed by atoms with van der Waals surface area (Å²) >= 11 is 0. The van der Waals surface area contributed by atoms with E-state index in [2.05, 4.69) is 53.2 Å². The standard InChI is InChI=1S/C34H45N3O3/c1-3-32(38)37(30-14-8-9-15-31(30)40-26-29-12-6-4-7-13-29)28-34(18-24-39-25-19-34)36-22-20-35(21-23-36)27-33(2)16-10-5-11-17-33/h4-16H,3,17-28H2,1-2H3. The van der Waals surface area contributed by atoms with Crippen LogP contribution in [0.2, 0.25) is 0 Å². The minimum Gasteiger partial charge on any atom is -0.487 e. The van der Waals surface area contributed by atoms with Crippen molar-refractivity contribution in [1.29, 1.82) is 0 Å². The summed E-state index contributed by atoms with van der Waals surface area (Å²) in [5.41, 5.74) is 2.07. The van der Waals surface area contributed by atoms with Crippen LogP contribution in [0.4, 0.5) is 5.69 Å². The van der Waals surface area contributed by atoms with E-state index in [0.717, 1.165) is 82.2 Å². The molecule has 0 saturated carbocycles. The number of rotatable bonds is 10. The second-order valence-electron chi connectivity index (χ2n) is 11.8. The van der Waals surface area contributed by atoms with E-state index >= 15 is 0 Å². The van der Waals surface area contributed by atoms with Crippen LogP contribution in [0.5, 0.6) is 5.75 Å². The third-order valence-electron chi connectivity index (χ3n) is 8.83. The minimum absolute atomic E-state index is 0.112. The van der Waals surface area contributed by atoms with Gasteiger partial charge in [-0.05, 0) is 37.0 Å². The summed E-state index contributed by atoms with van der Waals surface area (Å²) < 4.78 is 12.2. The quantitative estimate of drug-likeness (QED) is 0.385. The molecule has 6 nitrogen and oxygen atoms in total. The molecule has 1 aliphatic carbocycles. The molecule has 6 heteroatoms. The Bertz CT molecular complexity index is 1170. The Balaban J connectivity index is 1.33. The van der Waals surface area contributed by atoms with Crippen LogP contribution < -0.4 is 9.64 Å². The summed E-state index contributed by atoms with van der Waals surface area (Å²) in [6.45, 7) is 12.1. The summed E-state index contributed by atoms with van der Waals surface area (Å²) in [6.07, 6.45) is 12.4. The molecule has 1 amide bonds. The molecule has 2 aliphatic heterocycles. The number of amides is 1. The molecule has 1 atom stereocenters. The Morgan fingerprint density at radius 1 is 0.975 bits per heavy atom. The third-order valence-corrected chi connectivity index (χ3v) is 8.83. The Hall–Kier alpha value is -2.93. The van der Waals surface area contributed by atoms with E-state index in [1.807, 2.05) is 54.3 Å². The molecule has 0 N–H and O–H groups in total. The Kier molecular flexibility index (Phi) is 9.40. The topological polar surface area (TPSA) is 45.3 Å². The van der Waals surface area contributed by atoms with Gasteiger partial charge in [-0.15, -0.1) is 0 Å². The Labute approximate surface area is 240 Å². The van der Waals surface area contributed by atoms with E-state index in [1.54, 1.807) is 0 Å². The maximum atomic E-state index is 13.5. The van der Waals surface area contributed by atoms with Gasteiger partial charge in [0, 0.05) is 69.9 Å². The molecule has 0 radical (unpaired) electrons. The van der Waals surface area contributed by atoms with Gasteiger partial charge in [-0.1, -0.05) is 80.6 Å². The fraction of sp³-hybridized carbons (Fsp3) is 0.500. The summed E-state index contributed by atoms with van der Waals surface area (Å²) in [5, 5.41) is 0. The first-order valence-corrected chi connectivity index (χ1v) is 15.0. The van der Waals surface area contributed by atoms with Gasteiger partial charge in [0.15, 0.2) is 0 Å². The zero-order valence-corrected chi connectivity index (χ0v) is 24.3. The second kappa shape index (κ2) is 13.2. The van der Waals surface area contributed by atoms with Crippen molar-refractivity contribution in [3.63, 3.8) is 0 Å². The molecule has 2 saturated heterocycles. The molecule has 5 rings (SSSR count). The lowest BCUT2D eigenvalue weighted by atomic mass is 9.82. The van der Waals surface area contributed by atoms with Crippen LogP contribution in [0, 0.1) is 5.41 Å². The van der Waals surface area contributed by atoms with E-state index in [9.17, 15) is 4.79 Å². The number of nitrogens with zero attached hydrogens (tertiary/aromatic N) is 3. The number of carbonyl (C=O) groups excluding carboxylic acids is 1. The average Bonchev–Trinajstić information content (AvgIpc) is 3.00. The lowest BCUT2D eigenvalue weighted by molar-refractivity contribution is -0.119. The largest absolute Gasteiger partial charge is 0.487 e. The Morgan fingerprint density at radius 2 is 1.70 bits per heavy atom. The number of hydrogen-bond donors (Lipinski definition) is 0. The van der Waals surface area contributed by atoms with Crippen LogP contribution in [0.1, 0.15) is 45.1 Å². The van der Waals surface area contributed by atoms with Gasteiger partial charge in [0.25, 0.3) is 0 Å². The highest BCUT2D eigenvalue weighted by Crippen LogP contribution is 2.36. The average molecular weight is 544 g/mol. The van der Waals surface area contributed by atoms with Gasteiger partial charge in [0.2, 0.25) is 5.91 Å². The number of allylic oxidation sites excluding steroid dienone is 3. The third kappa shape index (κ3) is 6.85. The fourth-order valence-corrected chi connectivity index (χ4v) is 6.44. The predicted octanol–water partition coefficient (Wildman–Crippen LogP) is 5.70. The van der Waals surface area contributed by atoms with Crippen LogP contribution in [-0.4, -0.2) is 73.7 Å². The number of benzene rings is 2. The summed E-state index contributed by atoms with van der Waals surface area (Å²) in [7, 11) is 0. The first kappa shape index (κ1) is 28.6. The molecule has 0 bridgehead atoms. The monoisotopic (exact) mass is 543 g/mol. The number of ether oxygens (including phenoxy) is 2. The van der Waals surface area contributed by atoms with Gasteiger partial charge < -0.3 is 14.4 Å². The molecule has 2 aromatic rings. The smallest absolute Gasteiger partial charge is 0.226 e. The highest BCUT2D eigenvalue weighted by atomic mass is 16.5. The molecule has 2 fully saturated rings. The molecule has 40 heavy (non-hydrogen) atoms. The number of para-hydroxylation sites is 2. The van der Waals surface area contributed by atoms with Crippen molar-refractivity contribution in [2.45, 2.75) is 51.7 Å². The SMILES string of the molecule is CCC(=O)N(CC1(N2CCN(CC3(C)C=CC=CC3)CC2)CCOCC1)c1ccccc1OCc1ccccc1. The van der Waals surface area contributed by atoms with Crippen molar-refractivity contribution in [3.8, 4) is 5.75 Å². The first-order valence-electron chi connectivity index (χ1n) is 15.0.